The Balaban J connectivity index is 4.14. The highest BCUT2D eigenvalue weighted by molar-refractivity contribution is 5.01. The quantitative estimate of drug-likeness (QED) is 0.648. The number of hydrogen-bond donors (Lipinski definition) is 1. The van der Waals surface area contributed by atoms with Gasteiger partial charge in [-0.05, 0) is 13.8 Å². The third-order valence-corrected chi connectivity index (χ3v) is 1.83. The maximum absolute atomic E-state index is 9.52. The first-order chi connectivity index (χ1) is 5.44. The maximum Gasteiger partial charge on any atom is 0.0910 e. The van der Waals surface area contributed by atoms with E-state index in [0.717, 1.165) is 0 Å². The molecule has 0 aliphatic rings. The summed E-state index contributed by atoms with van der Waals surface area (Å²) >= 11 is 0. The lowest BCUT2D eigenvalue weighted by atomic mass is 9.86. The molecule has 3 nitrogen and oxygen atoms in total. The van der Waals surface area contributed by atoms with Gasteiger partial charge in [-0.25, -0.2) is 0 Å². The van der Waals surface area contributed by atoms with Crippen LogP contribution in [0.1, 0.15) is 20.3 Å². The second kappa shape index (κ2) is 4.13. The van der Waals surface area contributed by atoms with Crippen LogP contribution >= 0.6 is 0 Å². The van der Waals surface area contributed by atoms with Crippen molar-refractivity contribution in [1.29, 1.82) is 5.26 Å². The first-order valence-electron chi connectivity index (χ1n) is 3.75. The summed E-state index contributed by atoms with van der Waals surface area (Å²) in [5, 5.41) is 18.2. The van der Waals surface area contributed by atoms with Crippen molar-refractivity contribution in [3.8, 4) is 6.07 Å². The summed E-state index contributed by atoms with van der Waals surface area (Å²) in [4.78, 5) is 0. The lowest BCUT2D eigenvalue weighted by Crippen LogP contribution is -2.28. The van der Waals surface area contributed by atoms with Gasteiger partial charge in [0, 0.05) is 6.42 Å². The average molecular weight is 169 g/mol. The standard InChI is InChI=1S/C9H15NO2/c1-7(12-4)5-8(11)9(2,3)6-10/h8,11H,1,5H2,2-4H3/t8-/m0/s1. The lowest BCUT2D eigenvalue weighted by molar-refractivity contribution is 0.0722. The van der Waals surface area contributed by atoms with Gasteiger partial charge in [-0.1, -0.05) is 6.58 Å². The summed E-state index contributed by atoms with van der Waals surface area (Å²) in [6.07, 6.45) is -0.424. The monoisotopic (exact) mass is 169 g/mol. The van der Waals surface area contributed by atoms with E-state index in [4.69, 9.17) is 10.00 Å². The summed E-state index contributed by atoms with van der Waals surface area (Å²) in [6, 6.07) is 2.02. The molecular formula is C9H15NO2. The second-order valence-electron chi connectivity index (χ2n) is 3.30. The summed E-state index contributed by atoms with van der Waals surface area (Å²) in [5.41, 5.74) is -0.749. The maximum atomic E-state index is 9.52. The van der Waals surface area contributed by atoms with E-state index in [1.165, 1.54) is 7.11 Å². The van der Waals surface area contributed by atoms with Crippen LogP contribution < -0.4 is 0 Å². The molecule has 0 aliphatic carbocycles. The molecule has 0 spiro atoms. The molecule has 0 fully saturated rings. The Labute approximate surface area is 73.3 Å². The van der Waals surface area contributed by atoms with Crippen molar-refractivity contribution in [3.05, 3.63) is 12.3 Å². The van der Waals surface area contributed by atoms with E-state index in [9.17, 15) is 5.11 Å². The van der Waals surface area contributed by atoms with Gasteiger partial charge in [-0.15, -0.1) is 0 Å². The van der Waals surface area contributed by atoms with E-state index in [0.29, 0.717) is 12.2 Å². The van der Waals surface area contributed by atoms with E-state index in [1.807, 2.05) is 6.07 Å². The number of rotatable bonds is 4. The highest BCUT2D eigenvalue weighted by Gasteiger charge is 2.28. The molecule has 0 saturated carbocycles. The van der Waals surface area contributed by atoms with Gasteiger partial charge in [0.05, 0.1) is 30.5 Å². The number of aliphatic hydroxyl groups is 1. The Morgan fingerprint density at radius 2 is 2.25 bits per heavy atom. The molecule has 0 saturated heterocycles. The molecule has 1 N–H and O–H groups in total. The number of hydrogen-bond acceptors (Lipinski definition) is 3. The topological polar surface area (TPSA) is 53.2 Å². The van der Waals surface area contributed by atoms with Gasteiger partial charge in [-0.2, -0.15) is 5.26 Å². The Bertz CT molecular complexity index is 203. The Morgan fingerprint density at radius 3 is 2.58 bits per heavy atom. The van der Waals surface area contributed by atoms with Crippen LogP contribution in [0.2, 0.25) is 0 Å². The van der Waals surface area contributed by atoms with Gasteiger partial charge < -0.3 is 9.84 Å². The van der Waals surface area contributed by atoms with Crippen LogP contribution in [-0.2, 0) is 4.74 Å². The van der Waals surface area contributed by atoms with Gasteiger partial charge in [0.2, 0.25) is 0 Å². The minimum atomic E-state index is -0.749. The summed E-state index contributed by atoms with van der Waals surface area (Å²) in [7, 11) is 1.49. The first-order valence-corrected chi connectivity index (χ1v) is 3.75. The zero-order valence-corrected chi connectivity index (χ0v) is 7.79. The van der Waals surface area contributed by atoms with Crippen LogP contribution in [0.4, 0.5) is 0 Å². The number of nitriles is 1. The van der Waals surface area contributed by atoms with Crippen LogP contribution in [0.5, 0.6) is 0 Å². The first kappa shape index (κ1) is 11.0. The van der Waals surface area contributed by atoms with Crippen molar-refractivity contribution in [2.24, 2.45) is 5.41 Å². The van der Waals surface area contributed by atoms with Crippen molar-refractivity contribution in [1.82, 2.24) is 0 Å². The number of nitrogens with zero attached hydrogens (tertiary/aromatic N) is 1. The Kier molecular flexibility index (Phi) is 3.78. The number of ether oxygens (including phenoxy) is 1. The van der Waals surface area contributed by atoms with Gasteiger partial charge in [0.25, 0.3) is 0 Å². The van der Waals surface area contributed by atoms with Crippen molar-refractivity contribution >= 4 is 0 Å². The molecule has 0 rings (SSSR count). The average Bonchev–Trinajstić information content (AvgIpc) is 2.04. The second-order valence-corrected chi connectivity index (χ2v) is 3.30. The minimum Gasteiger partial charge on any atom is -0.502 e. The summed E-state index contributed by atoms with van der Waals surface area (Å²) in [5.74, 6) is 0.492. The molecule has 68 valence electrons. The fourth-order valence-corrected chi connectivity index (χ4v) is 0.629. The number of aliphatic hydroxyl groups excluding tert-OH is 1. The predicted octanol–water partition coefficient (Wildman–Crippen LogP) is 1.45. The molecule has 12 heavy (non-hydrogen) atoms. The molecule has 0 amide bonds. The molecule has 3 heteroatoms. The van der Waals surface area contributed by atoms with Crippen LogP contribution in [0.3, 0.4) is 0 Å². The van der Waals surface area contributed by atoms with Gasteiger partial charge in [0.15, 0.2) is 0 Å². The van der Waals surface area contributed by atoms with E-state index >= 15 is 0 Å². The van der Waals surface area contributed by atoms with Crippen molar-refractivity contribution in [2.45, 2.75) is 26.4 Å². The van der Waals surface area contributed by atoms with Gasteiger partial charge in [0.1, 0.15) is 0 Å². The van der Waals surface area contributed by atoms with Crippen molar-refractivity contribution in [2.75, 3.05) is 7.11 Å². The summed E-state index contributed by atoms with van der Waals surface area (Å²) in [6.45, 7) is 6.93. The zero-order chi connectivity index (χ0) is 9.78. The lowest BCUT2D eigenvalue weighted by Gasteiger charge is -2.22. The molecule has 0 bridgehead atoms. The fourth-order valence-electron chi connectivity index (χ4n) is 0.629. The molecule has 0 aliphatic heterocycles. The Hall–Kier alpha value is -1.01. The van der Waals surface area contributed by atoms with Crippen molar-refractivity contribution in [3.63, 3.8) is 0 Å². The fraction of sp³-hybridized carbons (Fsp3) is 0.667. The third kappa shape index (κ3) is 2.93. The van der Waals surface area contributed by atoms with Crippen molar-refractivity contribution < 1.29 is 9.84 Å². The minimum absolute atomic E-state index is 0.303. The highest BCUT2D eigenvalue weighted by Crippen LogP contribution is 2.23. The smallest absolute Gasteiger partial charge is 0.0910 e. The molecule has 1 atom stereocenters. The van der Waals surface area contributed by atoms with Crippen LogP contribution in [-0.4, -0.2) is 18.3 Å². The highest BCUT2D eigenvalue weighted by atomic mass is 16.5. The van der Waals surface area contributed by atoms with Crippen LogP contribution in [0.25, 0.3) is 0 Å². The van der Waals surface area contributed by atoms with E-state index < -0.39 is 11.5 Å². The van der Waals surface area contributed by atoms with Crippen LogP contribution in [0.15, 0.2) is 12.3 Å². The van der Waals surface area contributed by atoms with Gasteiger partial charge >= 0.3 is 0 Å². The summed E-state index contributed by atoms with van der Waals surface area (Å²) < 4.78 is 4.80. The molecule has 0 aromatic heterocycles. The molecule has 0 heterocycles. The predicted molar refractivity (Wildman–Crippen MR) is 46.2 cm³/mol. The van der Waals surface area contributed by atoms with E-state index in [1.54, 1.807) is 13.8 Å². The molecule has 0 aromatic carbocycles. The number of methoxy groups -OCH3 is 1. The largest absolute Gasteiger partial charge is 0.502 e. The van der Waals surface area contributed by atoms with E-state index in [2.05, 4.69) is 6.58 Å². The molecular weight excluding hydrogens is 154 g/mol. The molecule has 0 aromatic rings. The van der Waals surface area contributed by atoms with E-state index in [-0.39, 0.29) is 0 Å². The molecule has 0 radical (unpaired) electrons. The normalized spacial score (nSPS) is 13.2. The van der Waals surface area contributed by atoms with Crippen LogP contribution in [0, 0.1) is 16.7 Å². The zero-order valence-electron chi connectivity index (χ0n) is 7.79. The third-order valence-electron chi connectivity index (χ3n) is 1.83. The van der Waals surface area contributed by atoms with Gasteiger partial charge in [-0.3, -0.25) is 0 Å². The molecule has 0 unspecified atom stereocenters. The SMILES string of the molecule is C=C(C[C@H](O)C(C)(C)C#N)OC. The Morgan fingerprint density at radius 1 is 1.75 bits per heavy atom.